The number of carbonyl (C=O) groups is 2. The normalized spacial score (nSPS) is 11.9. The topological polar surface area (TPSA) is 79.2 Å². The fourth-order valence-electron chi connectivity index (χ4n) is 2.47. The molecule has 0 saturated carbocycles. The van der Waals surface area contributed by atoms with Crippen LogP contribution in [0, 0.1) is 11.3 Å². The lowest BCUT2D eigenvalue weighted by Crippen LogP contribution is -2.29. The molecule has 1 N–H and O–H groups in total. The number of para-hydroxylation sites is 1. The molecule has 2 aromatic carbocycles. The van der Waals surface area contributed by atoms with E-state index >= 15 is 0 Å². The average molecular weight is 411 g/mol. The quantitative estimate of drug-likeness (QED) is 0.473. The molecule has 0 aliphatic heterocycles. The van der Waals surface area contributed by atoms with Crippen molar-refractivity contribution < 1.29 is 14.3 Å². The Balaban J connectivity index is 1.63. The van der Waals surface area contributed by atoms with Crippen LogP contribution < -0.4 is 5.32 Å². The van der Waals surface area contributed by atoms with Gasteiger partial charge in [0.1, 0.15) is 6.07 Å². The smallest absolute Gasteiger partial charge is 0.331 e. The standard InChI is InChI=1S/C21H15ClN2O3S/c1-13(21(26)24-16-8-4-2-6-14(16)12-23)27-19(25)11-10-18-20(22)15-7-3-5-9-17(15)28-18/h2-11,13H,1H3,(H,24,26)/b11-10+/t13-/m1/s1. The molecule has 1 heterocycles. The third kappa shape index (κ3) is 4.39. The first-order chi connectivity index (χ1) is 13.5. The molecule has 1 aromatic heterocycles. The van der Waals surface area contributed by atoms with Gasteiger partial charge in [-0.15, -0.1) is 11.3 Å². The molecule has 1 amide bonds. The highest BCUT2D eigenvalue weighted by molar-refractivity contribution is 7.20. The second-order valence-corrected chi connectivity index (χ2v) is 7.30. The molecule has 0 aliphatic rings. The zero-order valence-electron chi connectivity index (χ0n) is 14.8. The molecule has 1 atom stereocenters. The van der Waals surface area contributed by atoms with Gasteiger partial charge in [-0.1, -0.05) is 41.9 Å². The van der Waals surface area contributed by atoms with Crippen molar-refractivity contribution in [2.24, 2.45) is 0 Å². The minimum absolute atomic E-state index is 0.327. The molecule has 0 radical (unpaired) electrons. The maximum absolute atomic E-state index is 12.2. The highest BCUT2D eigenvalue weighted by Crippen LogP contribution is 2.35. The van der Waals surface area contributed by atoms with Crippen LogP contribution in [-0.2, 0) is 14.3 Å². The van der Waals surface area contributed by atoms with E-state index in [1.165, 1.54) is 24.3 Å². The summed E-state index contributed by atoms with van der Waals surface area (Å²) < 4.78 is 6.15. The largest absolute Gasteiger partial charge is 0.449 e. The lowest BCUT2D eigenvalue weighted by molar-refractivity contribution is -0.148. The summed E-state index contributed by atoms with van der Waals surface area (Å²) in [4.78, 5) is 25.0. The first-order valence-electron chi connectivity index (χ1n) is 8.35. The van der Waals surface area contributed by atoms with Gasteiger partial charge in [-0.3, -0.25) is 4.79 Å². The second-order valence-electron chi connectivity index (χ2n) is 5.84. The van der Waals surface area contributed by atoms with E-state index in [-0.39, 0.29) is 0 Å². The van der Waals surface area contributed by atoms with Crippen LogP contribution in [0.2, 0.25) is 5.02 Å². The van der Waals surface area contributed by atoms with Gasteiger partial charge < -0.3 is 10.1 Å². The van der Waals surface area contributed by atoms with Gasteiger partial charge in [0.05, 0.1) is 16.3 Å². The number of hydrogen-bond acceptors (Lipinski definition) is 5. The van der Waals surface area contributed by atoms with Gasteiger partial charge >= 0.3 is 5.97 Å². The summed E-state index contributed by atoms with van der Waals surface area (Å²) in [5, 5.41) is 13.1. The number of thiophene rings is 1. The molecule has 0 saturated heterocycles. The van der Waals surface area contributed by atoms with E-state index in [9.17, 15) is 9.59 Å². The van der Waals surface area contributed by atoms with Gasteiger partial charge in [0.2, 0.25) is 0 Å². The summed E-state index contributed by atoms with van der Waals surface area (Å²) in [7, 11) is 0. The number of carbonyl (C=O) groups excluding carboxylic acids is 2. The Morgan fingerprint density at radius 1 is 1.21 bits per heavy atom. The Labute approximate surface area is 170 Å². The molecule has 0 aliphatic carbocycles. The summed E-state index contributed by atoms with van der Waals surface area (Å²) in [5.41, 5.74) is 0.694. The van der Waals surface area contributed by atoms with Crippen LogP contribution in [0.1, 0.15) is 17.4 Å². The number of nitrogens with one attached hydrogen (secondary N) is 1. The summed E-state index contributed by atoms with van der Waals surface area (Å²) in [6.07, 6.45) is 1.79. The van der Waals surface area contributed by atoms with Crippen molar-refractivity contribution in [1.29, 1.82) is 5.26 Å². The second kappa shape index (κ2) is 8.70. The third-order valence-corrected chi connectivity index (χ3v) is 5.55. The number of nitrogens with zero attached hydrogens (tertiary/aromatic N) is 1. The molecular formula is C21H15ClN2O3S. The maximum atomic E-state index is 12.2. The Kier molecular flexibility index (Phi) is 6.09. The fourth-order valence-corrected chi connectivity index (χ4v) is 3.87. The number of esters is 1. The van der Waals surface area contributed by atoms with E-state index in [0.717, 1.165) is 15.0 Å². The van der Waals surface area contributed by atoms with E-state index < -0.39 is 18.0 Å². The van der Waals surface area contributed by atoms with Crippen LogP contribution in [0.25, 0.3) is 16.2 Å². The van der Waals surface area contributed by atoms with E-state index in [0.29, 0.717) is 16.3 Å². The van der Waals surface area contributed by atoms with Crippen LogP contribution in [-0.4, -0.2) is 18.0 Å². The zero-order chi connectivity index (χ0) is 20.1. The number of benzene rings is 2. The number of amides is 1. The van der Waals surface area contributed by atoms with Crippen molar-refractivity contribution >= 4 is 56.7 Å². The van der Waals surface area contributed by atoms with Gasteiger partial charge in [-0.25, -0.2) is 4.79 Å². The highest BCUT2D eigenvalue weighted by Gasteiger charge is 2.18. The van der Waals surface area contributed by atoms with Crippen molar-refractivity contribution in [1.82, 2.24) is 0 Å². The summed E-state index contributed by atoms with van der Waals surface area (Å²) >= 11 is 7.79. The van der Waals surface area contributed by atoms with Crippen molar-refractivity contribution in [3.8, 4) is 6.07 Å². The lowest BCUT2D eigenvalue weighted by Gasteiger charge is -2.13. The number of fused-ring (bicyclic) bond motifs is 1. The summed E-state index contributed by atoms with van der Waals surface area (Å²) in [5.74, 6) is -1.19. The average Bonchev–Trinajstić information content (AvgIpc) is 3.02. The van der Waals surface area contributed by atoms with Crippen LogP contribution in [0.4, 0.5) is 5.69 Å². The molecule has 140 valence electrons. The number of rotatable bonds is 5. The predicted molar refractivity (Wildman–Crippen MR) is 111 cm³/mol. The molecular weight excluding hydrogens is 396 g/mol. The van der Waals surface area contributed by atoms with Crippen LogP contribution in [0.3, 0.4) is 0 Å². The summed E-state index contributed by atoms with van der Waals surface area (Å²) in [6.45, 7) is 1.46. The Bertz CT molecular complexity index is 1110. The van der Waals surface area contributed by atoms with Crippen molar-refractivity contribution in [3.63, 3.8) is 0 Å². The van der Waals surface area contributed by atoms with Gasteiger partial charge in [0.25, 0.3) is 5.91 Å². The molecule has 3 rings (SSSR count). The van der Waals surface area contributed by atoms with Crippen LogP contribution >= 0.6 is 22.9 Å². The zero-order valence-corrected chi connectivity index (χ0v) is 16.4. The fraction of sp³-hybridized carbons (Fsp3) is 0.0952. The molecule has 0 unspecified atom stereocenters. The minimum atomic E-state index is -1.03. The molecule has 5 nitrogen and oxygen atoms in total. The van der Waals surface area contributed by atoms with E-state index in [2.05, 4.69) is 5.32 Å². The molecule has 0 spiro atoms. The first kappa shape index (κ1) is 19.6. The number of hydrogen-bond donors (Lipinski definition) is 1. The van der Waals surface area contributed by atoms with Gasteiger partial charge in [-0.2, -0.15) is 5.26 Å². The molecule has 7 heteroatoms. The highest BCUT2D eigenvalue weighted by atomic mass is 35.5. The van der Waals surface area contributed by atoms with Crippen LogP contribution in [0.15, 0.2) is 54.6 Å². The number of nitriles is 1. The minimum Gasteiger partial charge on any atom is -0.449 e. The maximum Gasteiger partial charge on any atom is 0.331 e. The van der Waals surface area contributed by atoms with E-state index in [1.54, 1.807) is 30.3 Å². The SMILES string of the molecule is C[C@@H](OC(=O)/C=C/c1sc2ccccc2c1Cl)C(=O)Nc1ccccc1C#N. The molecule has 0 bridgehead atoms. The lowest BCUT2D eigenvalue weighted by atomic mass is 10.2. The molecule has 3 aromatic rings. The molecule has 28 heavy (non-hydrogen) atoms. The number of ether oxygens (including phenoxy) is 1. The monoisotopic (exact) mass is 410 g/mol. The number of halogens is 1. The van der Waals surface area contributed by atoms with Crippen molar-refractivity contribution in [2.45, 2.75) is 13.0 Å². The van der Waals surface area contributed by atoms with Gasteiger partial charge in [0, 0.05) is 21.0 Å². The van der Waals surface area contributed by atoms with Crippen molar-refractivity contribution in [3.05, 3.63) is 70.1 Å². The Morgan fingerprint density at radius 2 is 1.93 bits per heavy atom. The first-order valence-corrected chi connectivity index (χ1v) is 9.54. The number of anilines is 1. The van der Waals surface area contributed by atoms with E-state index in [4.69, 9.17) is 21.6 Å². The molecule has 0 fully saturated rings. The predicted octanol–water partition coefficient (Wildman–Crippen LogP) is 5.01. The third-order valence-electron chi connectivity index (χ3n) is 3.90. The summed E-state index contributed by atoms with van der Waals surface area (Å²) in [6, 6.07) is 16.3. The van der Waals surface area contributed by atoms with Crippen molar-refractivity contribution in [2.75, 3.05) is 5.32 Å². The van der Waals surface area contributed by atoms with Crippen LogP contribution in [0.5, 0.6) is 0 Å². The van der Waals surface area contributed by atoms with Gasteiger partial charge in [0.15, 0.2) is 6.10 Å². The Hall–Kier alpha value is -3.14. The van der Waals surface area contributed by atoms with Gasteiger partial charge in [-0.05, 0) is 31.2 Å². The Morgan fingerprint density at radius 3 is 2.68 bits per heavy atom. The van der Waals surface area contributed by atoms with E-state index in [1.807, 2.05) is 30.3 Å².